The van der Waals surface area contributed by atoms with E-state index in [1.165, 1.54) is 18.2 Å². The molecule has 0 aliphatic heterocycles. The van der Waals surface area contributed by atoms with Gasteiger partial charge in [0.25, 0.3) is 0 Å². The third-order valence-electron chi connectivity index (χ3n) is 3.31. The zero-order valence-corrected chi connectivity index (χ0v) is 10.5. The van der Waals surface area contributed by atoms with Gasteiger partial charge < -0.3 is 15.7 Å². The van der Waals surface area contributed by atoms with Crippen molar-refractivity contribution in [2.75, 3.05) is 11.9 Å². The fourth-order valence-electron chi connectivity index (χ4n) is 1.76. The van der Waals surface area contributed by atoms with Crippen LogP contribution in [0.2, 0.25) is 0 Å². The van der Waals surface area contributed by atoms with Crippen LogP contribution in [0.5, 0.6) is 0 Å². The first kappa shape index (κ1) is 13.3. The molecule has 0 atom stereocenters. The third-order valence-corrected chi connectivity index (χ3v) is 3.31. The lowest BCUT2D eigenvalue weighted by Gasteiger charge is -2.12. The van der Waals surface area contributed by atoms with Crippen LogP contribution in [0.25, 0.3) is 0 Å². The van der Waals surface area contributed by atoms with Gasteiger partial charge in [-0.25, -0.2) is 9.18 Å². The summed E-state index contributed by atoms with van der Waals surface area (Å²) in [6, 6.07) is 3.74. The van der Waals surface area contributed by atoms with Crippen LogP contribution in [0, 0.1) is 18.2 Å². The van der Waals surface area contributed by atoms with E-state index in [1.807, 2.05) is 0 Å². The number of rotatable bonds is 4. The lowest BCUT2D eigenvalue weighted by Crippen LogP contribution is -2.36. The zero-order chi connectivity index (χ0) is 14.0. The number of halogens is 1. The Kier molecular flexibility index (Phi) is 3.42. The van der Waals surface area contributed by atoms with Gasteiger partial charge in [0, 0.05) is 12.2 Å². The summed E-state index contributed by atoms with van der Waals surface area (Å²) in [5.41, 5.74) is 0.106. The highest BCUT2D eigenvalue weighted by Crippen LogP contribution is 2.45. The van der Waals surface area contributed by atoms with E-state index in [9.17, 15) is 14.0 Å². The number of aryl methyl sites for hydroxylation is 1. The number of benzene rings is 1. The highest BCUT2D eigenvalue weighted by atomic mass is 19.1. The summed E-state index contributed by atoms with van der Waals surface area (Å²) in [6.07, 6.45) is 1.16. The van der Waals surface area contributed by atoms with Crippen LogP contribution in [-0.4, -0.2) is 23.7 Å². The second-order valence-corrected chi connectivity index (χ2v) is 4.86. The molecule has 1 saturated carbocycles. The van der Waals surface area contributed by atoms with E-state index in [0.717, 1.165) is 0 Å². The third kappa shape index (κ3) is 3.01. The minimum absolute atomic E-state index is 0.105. The molecule has 2 rings (SSSR count). The van der Waals surface area contributed by atoms with Crippen LogP contribution in [0.4, 0.5) is 14.9 Å². The van der Waals surface area contributed by atoms with Gasteiger partial charge in [-0.1, -0.05) is 0 Å². The maximum absolute atomic E-state index is 13.0. The average Bonchev–Trinajstić information content (AvgIpc) is 3.13. The molecule has 0 aromatic heterocycles. The smallest absolute Gasteiger partial charge is 0.319 e. The predicted molar refractivity (Wildman–Crippen MR) is 67.5 cm³/mol. The molecule has 5 nitrogen and oxygen atoms in total. The number of amides is 2. The van der Waals surface area contributed by atoms with Crippen LogP contribution in [-0.2, 0) is 4.79 Å². The van der Waals surface area contributed by atoms with Crippen LogP contribution < -0.4 is 10.6 Å². The van der Waals surface area contributed by atoms with Crippen LogP contribution in [0.3, 0.4) is 0 Å². The van der Waals surface area contributed by atoms with Gasteiger partial charge in [0.2, 0.25) is 0 Å². The Bertz CT molecular complexity index is 527. The number of nitrogens with one attached hydrogen (secondary N) is 2. The number of urea groups is 1. The van der Waals surface area contributed by atoms with Crippen molar-refractivity contribution in [3.05, 3.63) is 29.6 Å². The van der Waals surface area contributed by atoms with Crippen LogP contribution in [0.1, 0.15) is 18.4 Å². The van der Waals surface area contributed by atoms with Crippen molar-refractivity contribution in [1.82, 2.24) is 5.32 Å². The van der Waals surface area contributed by atoms with Crippen molar-refractivity contribution in [1.29, 1.82) is 0 Å². The molecule has 102 valence electrons. The molecule has 1 fully saturated rings. The van der Waals surface area contributed by atoms with Crippen molar-refractivity contribution in [2.24, 2.45) is 5.41 Å². The molecule has 0 saturated heterocycles. The molecule has 0 unspecified atom stereocenters. The van der Waals surface area contributed by atoms with Gasteiger partial charge in [-0.15, -0.1) is 0 Å². The lowest BCUT2D eigenvalue weighted by molar-refractivity contribution is -0.143. The summed E-state index contributed by atoms with van der Waals surface area (Å²) in [5.74, 6) is -1.22. The molecule has 1 aromatic carbocycles. The molecule has 1 aliphatic carbocycles. The summed E-state index contributed by atoms with van der Waals surface area (Å²) >= 11 is 0. The van der Waals surface area contributed by atoms with Crippen LogP contribution in [0.15, 0.2) is 18.2 Å². The largest absolute Gasteiger partial charge is 0.481 e. The maximum atomic E-state index is 13.0. The van der Waals surface area contributed by atoms with Crippen molar-refractivity contribution in [3.63, 3.8) is 0 Å². The Morgan fingerprint density at radius 2 is 2.11 bits per heavy atom. The number of carbonyl (C=O) groups is 2. The molecule has 1 aliphatic rings. The summed E-state index contributed by atoms with van der Waals surface area (Å²) in [6.45, 7) is 1.70. The summed E-state index contributed by atoms with van der Waals surface area (Å²) in [5, 5.41) is 14.0. The molecular formula is C13H15FN2O3. The van der Waals surface area contributed by atoms with Gasteiger partial charge in [0.1, 0.15) is 5.82 Å². The van der Waals surface area contributed by atoms with Crippen molar-refractivity contribution in [3.8, 4) is 0 Å². The van der Waals surface area contributed by atoms with Crippen LogP contribution >= 0.6 is 0 Å². The molecular weight excluding hydrogens is 251 g/mol. The topological polar surface area (TPSA) is 78.4 Å². The normalized spacial score (nSPS) is 15.7. The number of carbonyl (C=O) groups excluding carboxylic acids is 1. The molecule has 1 aromatic rings. The van der Waals surface area contributed by atoms with E-state index in [4.69, 9.17) is 5.11 Å². The summed E-state index contributed by atoms with van der Waals surface area (Å²) in [4.78, 5) is 22.5. The molecule has 0 bridgehead atoms. The molecule has 0 spiro atoms. The van der Waals surface area contributed by atoms with Gasteiger partial charge >= 0.3 is 12.0 Å². The summed E-state index contributed by atoms with van der Waals surface area (Å²) < 4.78 is 13.0. The highest BCUT2D eigenvalue weighted by Gasteiger charge is 2.50. The first-order valence-corrected chi connectivity index (χ1v) is 5.97. The van der Waals surface area contributed by atoms with E-state index in [1.54, 1.807) is 6.92 Å². The van der Waals surface area contributed by atoms with E-state index < -0.39 is 17.4 Å². The van der Waals surface area contributed by atoms with Gasteiger partial charge in [0.15, 0.2) is 0 Å². The Balaban J connectivity index is 1.88. The molecule has 19 heavy (non-hydrogen) atoms. The van der Waals surface area contributed by atoms with Gasteiger partial charge in [-0.05, 0) is 43.5 Å². The number of carboxylic acids is 1. The zero-order valence-electron chi connectivity index (χ0n) is 10.5. The second kappa shape index (κ2) is 4.87. The van der Waals surface area contributed by atoms with Crippen molar-refractivity contribution < 1.29 is 19.1 Å². The Morgan fingerprint density at radius 1 is 1.42 bits per heavy atom. The number of aliphatic carboxylic acids is 1. The molecule has 3 N–H and O–H groups in total. The molecule has 0 radical (unpaired) electrons. The number of hydrogen-bond acceptors (Lipinski definition) is 2. The SMILES string of the molecule is Cc1cc(NC(=O)NCC2(C(=O)O)CC2)ccc1F. The van der Waals surface area contributed by atoms with E-state index in [0.29, 0.717) is 24.1 Å². The van der Waals surface area contributed by atoms with E-state index in [2.05, 4.69) is 10.6 Å². The number of carboxylic acid groups (broad SMARTS) is 1. The van der Waals surface area contributed by atoms with E-state index in [-0.39, 0.29) is 12.4 Å². The Labute approximate surface area is 109 Å². The quantitative estimate of drug-likeness (QED) is 0.781. The Morgan fingerprint density at radius 3 is 2.63 bits per heavy atom. The van der Waals surface area contributed by atoms with E-state index >= 15 is 0 Å². The van der Waals surface area contributed by atoms with Gasteiger partial charge in [0.05, 0.1) is 5.41 Å². The first-order chi connectivity index (χ1) is 8.93. The molecule has 0 heterocycles. The number of anilines is 1. The Hall–Kier alpha value is -2.11. The minimum Gasteiger partial charge on any atom is -0.481 e. The second-order valence-electron chi connectivity index (χ2n) is 4.86. The van der Waals surface area contributed by atoms with Crippen molar-refractivity contribution >= 4 is 17.7 Å². The van der Waals surface area contributed by atoms with Gasteiger partial charge in [-0.3, -0.25) is 4.79 Å². The molecule has 2 amide bonds. The number of hydrogen-bond donors (Lipinski definition) is 3. The fourth-order valence-corrected chi connectivity index (χ4v) is 1.76. The first-order valence-electron chi connectivity index (χ1n) is 5.97. The monoisotopic (exact) mass is 266 g/mol. The van der Waals surface area contributed by atoms with Crippen molar-refractivity contribution in [2.45, 2.75) is 19.8 Å². The summed E-state index contributed by atoms with van der Waals surface area (Å²) in [7, 11) is 0. The standard InChI is InChI=1S/C13H15FN2O3/c1-8-6-9(2-3-10(8)14)16-12(19)15-7-13(4-5-13)11(17)18/h2-3,6H,4-5,7H2,1H3,(H,17,18)(H2,15,16,19). The fraction of sp³-hybridized carbons (Fsp3) is 0.385. The average molecular weight is 266 g/mol. The minimum atomic E-state index is -0.884. The van der Waals surface area contributed by atoms with Gasteiger partial charge in [-0.2, -0.15) is 0 Å². The molecule has 6 heteroatoms. The highest BCUT2D eigenvalue weighted by molar-refractivity contribution is 5.90. The maximum Gasteiger partial charge on any atom is 0.319 e. The predicted octanol–water partition coefficient (Wildman–Crippen LogP) is 2.12. The lowest BCUT2D eigenvalue weighted by atomic mass is 10.1.